The van der Waals surface area contributed by atoms with Crippen LogP contribution in [0.4, 0.5) is 4.79 Å². The average molecular weight is 309 g/mol. The highest BCUT2D eigenvalue weighted by molar-refractivity contribution is 5.81. The Kier molecular flexibility index (Phi) is 6.22. The monoisotopic (exact) mass is 309 g/mol. The Morgan fingerprint density at radius 1 is 1.23 bits per heavy atom. The number of esters is 1. The highest BCUT2D eigenvalue weighted by Crippen LogP contribution is 2.13. The van der Waals surface area contributed by atoms with E-state index in [4.69, 9.17) is 9.47 Å². The van der Waals surface area contributed by atoms with Gasteiger partial charge >= 0.3 is 12.1 Å². The predicted molar refractivity (Wildman–Crippen MR) is 81.6 cm³/mol. The summed E-state index contributed by atoms with van der Waals surface area (Å²) in [4.78, 5) is 23.8. The Bertz CT molecular complexity index is 504. The molecule has 1 aromatic rings. The molecule has 0 fully saturated rings. The van der Waals surface area contributed by atoms with Gasteiger partial charge in [-0.25, -0.2) is 9.59 Å². The molecule has 0 aromatic heterocycles. The van der Waals surface area contributed by atoms with E-state index < -0.39 is 23.7 Å². The van der Waals surface area contributed by atoms with Crippen molar-refractivity contribution in [1.82, 2.24) is 5.32 Å². The van der Waals surface area contributed by atoms with E-state index in [1.165, 1.54) is 12.1 Å². The van der Waals surface area contributed by atoms with Crippen molar-refractivity contribution in [3.05, 3.63) is 29.8 Å². The number of nitrogens with one attached hydrogen (secondary N) is 1. The first kappa shape index (κ1) is 17.8. The van der Waals surface area contributed by atoms with Crippen molar-refractivity contribution in [3.63, 3.8) is 0 Å². The Balaban J connectivity index is 2.77. The summed E-state index contributed by atoms with van der Waals surface area (Å²) >= 11 is 0. The zero-order chi connectivity index (χ0) is 16.8. The van der Waals surface area contributed by atoms with Crippen LogP contribution in [0.25, 0.3) is 0 Å². The lowest BCUT2D eigenvalue weighted by molar-refractivity contribution is -0.145. The zero-order valence-electron chi connectivity index (χ0n) is 13.4. The van der Waals surface area contributed by atoms with Crippen molar-refractivity contribution in [2.24, 2.45) is 0 Å². The normalized spacial score (nSPS) is 12.4. The van der Waals surface area contributed by atoms with Crippen LogP contribution < -0.4 is 5.32 Å². The van der Waals surface area contributed by atoms with Crippen LogP contribution in [0, 0.1) is 0 Å². The lowest BCUT2D eigenvalue weighted by atomic mass is 10.1. The summed E-state index contributed by atoms with van der Waals surface area (Å²) in [6, 6.07) is 5.55. The second-order valence-electron chi connectivity index (χ2n) is 5.82. The van der Waals surface area contributed by atoms with E-state index >= 15 is 0 Å². The molecule has 1 amide bonds. The molecule has 0 spiro atoms. The van der Waals surface area contributed by atoms with Gasteiger partial charge in [-0.2, -0.15) is 0 Å². The summed E-state index contributed by atoms with van der Waals surface area (Å²) in [7, 11) is 0. The Morgan fingerprint density at radius 3 is 2.32 bits per heavy atom. The van der Waals surface area contributed by atoms with E-state index in [0.717, 1.165) is 5.56 Å². The van der Waals surface area contributed by atoms with E-state index in [9.17, 15) is 14.7 Å². The highest BCUT2D eigenvalue weighted by Gasteiger charge is 2.25. The summed E-state index contributed by atoms with van der Waals surface area (Å²) in [5.41, 5.74) is 0.133. The number of carbonyl (C=O) groups excluding carboxylic acids is 2. The molecular formula is C16H23NO5. The zero-order valence-corrected chi connectivity index (χ0v) is 13.4. The lowest BCUT2D eigenvalue weighted by Crippen LogP contribution is -2.45. The number of carbonyl (C=O) groups is 2. The van der Waals surface area contributed by atoms with E-state index in [1.807, 2.05) is 0 Å². The molecule has 0 unspecified atom stereocenters. The molecule has 1 aromatic carbocycles. The van der Waals surface area contributed by atoms with Crippen LogP contribution in [-0.2, 0) is 20.7 Å². The molecule has 0 aliphatic rings. The molecule has 0 heterocycles. The number of hydrogen-bond acceptors (Lipinski definition) is 5. The maximum atomic E-state index is 12.0. The number of aromatic hydroxyl groups is 1. The fourth-order valence-corrected chi connectivity index (χ4v) is 1.75. The van der Waals surface area contributed by atoms with Crippen LogP contribution in [0.1, 0.15) is 33.3 Å². The molecule has 0 bridgehead atoms. The van der Waals surface area contributed by atoms with Gasteiger partial charge in [-0.15, -0.1) is 0 Å². The third kappa shape index (κ3) is 6.47. The first-order valence-electron chi connectivity index (χ1n) is 7.15. The number of rotatable bonds is 5. The van der Waals surface area contributed by atoms with Crippen molar-refractivity contribution in [1.29, 1.82) is 0 Å². The molecule has 0 saturated heterocycles. The minimum Gasteiger partial charge on any atom is -0.508 e. The maximum absolute atomic E-state index is 12.0. The fourth-order valence-electron chi connectivity index (χ4n) is 1.75. The fraction of sp³-hybridized carbons (Fsp3) is 0.500. The van der Waals surface area contributed by atoms with Gasteiger partial charge in [0.25, 0.3) is 0 Å². The third-order valence-corrected chi connectivity index (χ3v) is 2.64. The van der Waals surface area contributed by atoms with Gasteiger partial charge in [0.2, 0.25) is 0 Å². The number of phenolic OH excluding ortho intramolecular Hbond substituents is 1. The van der Waals surface area contributed by atoms with Gasteiger partial charge in [0.05, 0.1) is 6.61 Å². The van der Waals surface area contributed by atoms with Crippen molar-refractivity contribution in [3.8, 4) is 5.75 Å². The van der Waals surface area contributed by atoms with Crippen LogP contribution in [-0.4, -0.2) is 35.4 Å². The number of amides is 1. The van der Waals surface area contributed by atoms with Gasteiger partial charge in [-0.05, 0) is 45.4 Å². The lowest BCUT2D eigenvalue weighted by Gasteiger charge is -2.23. The van der Waals surface area contributed by atoms with Crippen molar-refractivity contribution >= 4 is 12.1 Å². The van der Waals surface area contributed by atoms with Crippen molar-refractivity contribution in [2.45, 2.75) is 45.8 Å². The minimum absolute atomic E-state index is 0.136. The summed E-state index contributed by atoms with van der Waals surface area (Å²) in [6.45, 7) is 7.15. The van der Waals surface area contributed by atoms with E-state index in [1.54, 1.807) is 39.8 Å². The second kappa shape index (κ2) is 7.68. The molecule has 122 valence electrons. The molecular weight excluding hydrogens is 286 g/mol. The van der Waals surface area contributed by atoms with Gasteiger partial charge in [0, 0.05) is 6.42 Å². The van der Waals surface area contributed by atoms with Crippen LogP contribution >= 0.6 is 0 Å². The van der Waals surface area contributed by atoms with Crippen LogP contribution in [0.5, 0.6) is 5.75 Å². The number of benzene rings is 1. The van der Waals surface area contributed by atoms with E-state index in [2.05, 4.69) is 5.32 Å². The Hall–Kier alpha value is -2.24. The number of phenols is 1. The molecule has 0 aliphatic heterocycles. The van der Waals surface area contributed by atoms with E-state index in [-0.39, 0.29) is 18.8 Å². The molecule has 0 saturated carbocycles. The van der Waals surface area contributed by atoms with Crippen LogP contribution in [0.3, 0.4) is 0 Å². The first-order chi connectivity index (χ1) is 10.2. The van der Waals surface area contributed by atoms with Crippen molar-refractivity contribution < 1.29 is 24.2 Å². The largest absolute Gasteiger partial charge is 0.508 e. The highest BCUT2D eigenvalue weighted by atomic mass is 16.6. The summed E-state index contributed by atoms with van der Waals surface area (Å²) in [5.74, 6) is -0.391. The SMILES string of the molecule is CCOC(=O)[C@@H](Cc1ccc(O)cc1)NC(=O)OC(C)(C)C. The average Bonchev–Trinajstić information content (AvgIpc) is 2.38. The van der Waals surface area contributed by atoms with Gasteiger partial charge in [0.1, 0.15) is 17.4 Å². The van der Waals surface area contributed by atoms with E-state index in [0.29, 0.717) is 0 Å². The quantitative estimate of drug-likeness (QED) is 0.816. The van der Waals surface area contributed by atoms with Gasteiger partial charge in [0.15, 0.2) is 0 Å². The standard InChI is InChI=1S/C16H23NO5/c1-5-21-14(19)13(17-15(20)22-16(2,3)4)10-11-6-8-12(18)9-7-11/h6-9,13,18H,5,10H2,1-4H3,(H,17,20)/t13-/m1/s1. The number of alkyl carbamates (subject to hydrolysis) is 1. The topological polar surface area (TPSA) is 84.9 Å². The van der Waals surface area contributed by atoms with Crippen LogP contribution in [0.15, 0.2) is 24.3 Å². The Labute approximate surface area is 130 Å². The van der Waals surface area contributed by atoms with Gasteiger partial charge in [-0.3, -0.25) is 0 Å². The number of hydrogen-bond donors (Lipinski definition) is 2. The molecule has 1 atom stereocenters. The summed E-state index contributed by atoms with van der Waals surface area (Å²) in [6.07, 6.45) is -0.428. The molecule has 0 aliphatic carbocycles. The Morgan fingerprint density at radius 2 is 1.82 bits per heavy atom. The number of ether oxygens (including phenoxy) is 2. The summed E-state index contributed by atoms with van der Waals surface area (Å²) in [5, 5.41) is 11.8. The van der Waals surface area contributed by atoms with Gasteiger partial charge in [-0.1, -0.05) is 12.1 Å². The second-order valence-corrected chi connectivity index (χ2v) is 5.82. The molecule has 6 heteroatoms. The third-order valence-electron chi connectivity index (χ3n) is 2.64. The van der Waals surface area contributed by atoms with Crippen molar-refractivity contribution in [2.75, 3.05) is 6.61 Å². The first-order valence-corrected chi connectivity index (χ1v) is 7.15. The molecule has 1 rings (SSSR count). The predicted octanol–water partition coefficient (Wildman–Crippen LogP) is 2.39. The smallest absolute Gasteiger partial charge is 0.408 e. The summed E-state index contributed by atoms with van der Waals surface area (Å²) < 4.78 is 10.1. The minimum atomic E-state index is -0.848. The maximum Gasteiger partial charge on any atom is 0.408 e. The molecule has 0 radical (unpaired) electrons. The molecule has 6 nitrogen and oxygen atoms in total. The molecule has 22 heavy (non-hydrogen) atoms. The van der Waals surface area contributed by atoms with Crippen LogP contribution in [0.2, 0.25) is 0 Å². The van der Waals surface area contributed by atoms with Gasteiger partial charge < -0.3 is 19.9 Å². The molecule has 2 N–H and O–H groups in total.